The fraction of sp³-hybridized carbons (Fsp3) is 0.478. The summed E-state index contributed by atoms with van der Waals surface area (Å²) in [5, 5.41) is 3.31. The molecule has 35 heavy (non-hydrogen) atoms. The van der Waals surface area contributed by atoms with Crippen LogP contribution in [-0.2, 0) is 11.2 Å². The highest BCUT2D eigenvalue weighted by atomic mass is 35.5. The average molecular weight is 532 g/mol. The van der Waals surface area contributed by atoms with Crippen molar-refractivity contribution in [3.8, 4) is 0 Å². The predicted octanol–water partition coefficient (Wildman–Crippen LogP) is 3.99. The largest absolute Gasteiger partial charge is 0.395 e. The van der Waals surface area contributed by atoms with E-state index in [4.69, 9.17) is 28.9 Å². The van der Waals surface area contributed by atoms with Gasteiger partial charge in [0.2, 0.25) is 11.8 Å². The Hall–Kier alpha value is -2.43. The maximum Gasteiger partial charge on any atom is 0.395 e. The van der Waals surface area contributed by atoms with E-state index in [1.165, 1.54) is 18.5 Å². The number of nitrogens with two attached hydrogens (primary N) is 1. The summed E-state index contributed by atoms with van der Waals surface area (Å²) in [7, 11) is 3.63. The molecule has 2 amide bonds. The van der Waals surface area contributed by atoms with E-state index >= 15 is 0 Å². The predicted molar refractivity (Wildman–Crippen MR) is 126 cm³/mol. The van der Waals surface area contributed by atoms with Gasteiger partial charge in [0.15, 0.2) is 0 Å². The van der Waals surface area contributed by atoms with Gasteiger partial charge in [-0.15, -0.1) is 0 Å². The Balaban J connectivity index is 1.71. The van der Waals surface area contributed by atoms with Crippen molar-refractivity contribution in [1.82, 2.24) is 20.2 Å². The van der Waals surface area contributed by atoms with Gasteiger partial charge in [0.05, 0.1) is 10.4 Å². The summed E-state index contributed by atoms with van der Waals surface area (Å²) in [4.78, 5) is 34.0. The normalized spacial score (nSPS) is 16.6. The van der Waals surface area contributed by atoms with E-state index in [-0.39, 0.29) is 41.8 Å². The van der Waals surface area contributed by atoms with E-state index in [1.54, 1.807) is 12.1 Å². The van der Waals surface area contributed by atoms with Crippen LogP contribution in [0.25, 0.3) is 0 Å². The van der Waals surface area contributed by atoms with Crippen molar-refractivity contribution in [3.63, 3.8) is 0 Å². The Morgan fingerprint density at radius 2 is 1.83 bits per heavy atom. The number of alkyl halides is 3. The molecule has 7 nitrogen and oxygen atoms in total. The molecule has 2 atom stereocenters. The van der Waals surface area contributed by atoms with Crippen molar-refractivity contribution >= 4 is 35.0 Å². The number of carbonyl (C=O) groups is 2. The molecule has 3 N–H and O–H groups in total. The van der Waals surface area contributed by atoms with Gasteiger partial charge in [-0.05, 0) is 51.1 Å². The molecule has 1 aliphatic rings. The van der Waals surface area contributed by atoms with Crippen LogP contribution >= 0.6 is 23.2 Å². The molecule has 1 heterocycles. The minimum atomic E-state index is -4.49. The molecule has 0 radical (unpaired) electrons. The van der Waals surface area contributed by atoms with Crippen LogP contribution in [0.5, 0.6) is 0 Å². The Morgan fingerprint density at radius 3 is 2.31 bits per heavy atom. The smallest absolute Gasteiger partial charge is 0.366 e. The van der Waals surface area contributed by atoms with Gasteiger partial charge >= 0.3 is 6.18 Å². The fourth-order valence-electron chi connectivity index (χ4n) is 4.05. The number of halogens is 5. The third kappa shape index (κ3) is 6.42. The minimum absolute atomic E-state index is 0.0511. The number of carbonyl (C=O) groups excluding carboxylic acids is 2. The van der Waals surface area contributed by atoms with Gasteiger partial charge in [0, 0.05) is 47.9 Å². The van der Waals surface area contributed by atoms with Crippen LogP contribution in [0, 0.1) is 5.41 Å². The lowest BCUT2D eigenvalue weighted by Crippen LogP contribution is -2.43. The molecule has 1 aromatic carbocycles. The SMILES string of the molecule is CN(C)C(CNC(=O)CC(c1ncc(Cl)cn1)C1(C(F)(F)F)CC1)Cc1ccc(C(N)=O)cc1Cl. The fourth-order valence-corrected chi connectivity index (χ4v) is 4.40. The topological polar surface area (TPSA) is 101 Å². The van der Waals surface area contributed by atoms with Gasteiger partial charge in [0.1, 0.15) is 5.82 Å². The molecule has 0 bridgehead atoms. The molecule has 3 rings (SSSR count). The second-order valence-electron chi connectivity index (χ2n) is 8.97. The zero-order chi connectivity index (χ0) is 26.0. The molecular formula is C23H26Cl2F3N5O2. The molecule has 0 aliphatic heterocycles. The molecule has 190 valence electrons. The molecule has 2 unspecified atom stereocenters. The Morgan fingerprint density at radius 1 is 1.20 bits per heavy atom. The lowest BCUT2D eigenvalue weighted by Gasteiger charge is -2.29. The highest BCUT2D eigenvalue weighted by Gasteiger charge is 2.68. The first-order valence-electron chi connectivity index (χ1n) is 10.9. The van der Waals surface area contributed by atoms with Crippen LogP contribution in [0.15, 0.2) is 30.6 Å². The maximum atomic E-state index is 13.9. The number of nitrogens with one attached hydrogen (secondary N) is 1. The minimum Gasteiger partial charge on any atom is -0.366 e. The van der Waals surface area contributed by atoms with Crippen molar-refractivity contribution in [2.24, 2.45) is 11.1 Å². The number of hydrogen-bond donors (Lipinski definition) is 2. The quantitative estimate of drug-likeness (QED) is 0.482. The first-order valence-corrected chi connectivity index (χ1v) is 11.6. The van der Waals surface area contributed by atoms with E-state index in [9.17, 15) is 22.8 Å². The standard InChI is InChI=1S/C23H26Cl2F3N5O2/c1-33(2)16(7-13-3-4-14(20(29)35)8-18(13)25)12-30-19(34)9-17(21-31-10-15(24)11-32-21)22(5-6-22)23(26,27)28/h3-4,8,10-11,16-17H,5-7,9,12H2,1-2H3,(H2,29,35)(H,30,34). The van der Waals surface area contributed by atoms with Gasteiger partial charge in [0.25, 0.3) is 0 Å². The summed E-state index contributed by atoms with van der Waals surface area (Å²) in [6, 6.07) is 4.53. The van der Waals surface area contributed by atoms with Gasteiger partial charge < -0.3 is 16.0 Å². The molecule has 1 saturated carbocycles. The summed E-state index contributed by atoms with van der Waals surface area (Å²) in [5.74, 6) is -2.40. The summed E-state index contributed by atoms with van der Waals surface area (Å²) >= 11 is 12.1. The summed E-state index contributed by atoms with van der Waals surface area (Å²) in [6.07, 6.45) is -2.16. The zero-order valence-corrected chi connectivity index (χ0v) is 20.7. The molecule has 1 aromatic heterocycles. The molecule has 0 saturated heterocycles. The second-order valence-corrected chi connectivity index (χ2v) is 9.81. The van der Waals surface area contributed by atoms with Crippen LogP contribution in [0.3, 0.4) is 0 Å². The van der Waals surface area contributed by atoms with Crippen LogP contribution in [-0.4, -0.2) is 59.5 Å². The summed E-state index contributed by atoms with van der Waals surface area (Å²) in [5.41, 5.74) is 4.28. The Labute approximate surface area is 211 Å². The number of benzene rings is 1. The van der Waals surface area contributed by atoms with Gasteiger partial charge in [-0.3, -0.25) is 9.59 Å². The first-order chi connectivity index (χ1) is 16.3. The molecule has 1 fully saturated rings. The average Bonchev–Trinajstić information content (AvgIpc) is 3.58. The zero-order valence-electron chi connectivity index (χ0n) is 19.2. The number of likely N-dealkylation sites (N-methyl/N-ethyl adjacent to an activating group) is 1. The number of primary amides is 1. The number of rotatable bonds is 10. The van der Waals surface area contributed by atoms with Crippen LogP contribution in [0.2, 0.25) is 10.0 Å². The van der Waals surface area contributed by atoms with Crippen molar-refractivity contribution in [3.05, 3.63) is 57.6 Å². The maximum absolute atomic E-state index is 13.9. The second kappa shape index (κ2) is 10.7. The molecule has 2 aromatic rings. The van der Waals surface area contributed by atoms with E-state index in [2.05, 4.69) is 15.3 Å². The molecular weight excluding hydrogens is 506 g/mol. The highest BCUT2D eigenvalue weighted by molar-refractivity contribution is 6.31. The lowest BCUT2D eigenvalue weighted by atomic mass is 9.84. The number of nitrogens with zero attached hydrogens (tertiary/aromatic N) is 3. The summed E-state index contributed by atoms with van der Waals surface area (Å²) in [6.45, 7) is 0.174. The first kappa shape index (κ1) is 27.2. The summed E-state index contributed by atoms with van der Waals surface area (Å²) < 4.78 is 41.6. The van der Waals surface area contributed by atoms with E-state index in [0.717, 1.165) is 5.56 Å². The number of amides is 2. The molecule has 12 heteroatoms. The van der Waals surface area contributed by atoms with Crippen molar-refractivity contribution in [2.75, 3.05) is 20.6 Å². The lowest BCUT2D eigenvalue weighted by molar-refractivity contribution is -0.195. The Kier molecular flexibility index (Phi) is 8.28. The van der Waals surface area contributed by atoms with Crippen LogP contribution in [0.1, 0.15) is 46.9 Å². The van der Waals surface area contributed by atoms with Crippen molar-refractivity contribution in [2.45, 2.75) is 43.8 Å². The Bertz CT molecular complexity index is 1080. The molecule has 1 aliphatic carbocycles. The third-order valence-electron chi connectivity index (χ3n) is 6.42. The monoisotopic (exact) mass is 531 g/mol. The molecule has 0 spiro atoms. The third-order valence-corrected chi connectivity index (χ3v) is 6.97. The van der Waals surface area contributed by atoms with Gasteiger partial charge in [-0.1, -0.05) is 29.3 Å². The van der Waals surface area contributed by atoms with Gasteiger partial charge in [-0.2, -0.15) is 13.2 Å². The van der Waals surface area contributed by atoms with E-state index < -0.39 is 35.7 Å². The van der Waals surface area contributed by atoms with Crippen molar-refractivity contribution < 1.29 is 22.8 Å². The van der Waals surface area contributed by atoms with E-state index in [0.29, 0.717) is 11.4 Å². The van der Waals surface area contributed by atoms with Crippen LogP contribution in [0.4, 0.5) is 13.2 Å². The van der Waals surface area contributed by atoms with Crippen LogP contribution < -0.4 is 11.1 Å². The number of aromatic nitrogens is 2. The number of hydrogen-bond acceptors (Lipinski definition) is 5. The van der Waals surface area contributed by atoms with Gasteiger partial charge in [-0.25, -0.2) is 9.97 Å². The van der Waals surface area contributed by atoms with Crippen molar-refractivity contribution in [1.29, 1.82) is 0 Å². The van der Waals surface area contributed by atoms with E-state index in [1.807, 2.05) is 19.0 Å². The highest BCUT2D eigenvalue weighted by Crippen LogP contribution is 2.65.